The molecule has 2 aromatic rings. The third-order valence-electron chi connectivity index (χ3n) is 2.31. The van der Waals surface area contributed by atoms with Crippen LogP contribution in [-0.4, -0.2) is 9.78 Å². The van der Waals surface area contributed by atoms with Gasteiger partial charge >= 0.3 is 0 Å². The number of hydrogen-bond donors (Lipinski definition) is 1. The minimum Gasteiger partial charge on any atom is -0.324 e. The van der Waals surface area contributed by atoms with Crippen LogP contribution in [0.2, 0.25) is 0 Å². The average molecular weight is 254 g/mol. The predicted octanol–water partition coefficient (Wildman–Crippen LogP) is 2.36. The Labute approximate surface area is 91.0 Å². The minimum absolute atomic E-state index is 0.0616. The van der Waals surface area contributed by atoms with E-state index in [-0.39, 0.29) is 6.04 Å². The lowest BCUT2D eigenvalue weighted by molar-refractivity contribution is 0.761. The van der Waals surface area contributed by atoms with Crippen molar-refractivity contribution in [2.24, 2.45) is 12.8 Å². The van der Waals surface area contributed by atoms with Gasteiger partial charge in [-0.05, 0) is 40.5 Å². The molecule has 1 aromatic carbocycles. The first-order chi connectivity index (χ1) is 6.59. The van der Waals surface area contributed by atoms with E-state index in [1.54, 1.807) is 0 Å². The zero-order chi connectivity index (χ0) is 10.3. The first kappa shape index (κ1) is 9.68. The van der Waals surface area contributed by atoms with Crippen molar-refractivity contribution < 1.29 is 0 Å². The molecule has 1 heterocycles. The summed E-state index contributed by atoms with van der Waals surface area (Å²) < 4.78 is 2.81. The van der Waals surface area contributed by atoms with Gasteiger partial charge in [0, 0.05) is 18.5 Å². The molecule has 74 valence electrons. The van der Waals surface area contributed by atoms with Gasteiger partial charge in [0.2, 0.25) is 0 Å². The predicted molar refractivity (Wildman–Crippen MR) is 61.0 cm³/mol. The molecule has 3 nitrogen and oxygen atoms in total. The van der Waals surface area contributed by atoms with Crippen LogP contribution in [-0.2, 0) is 7.05 Å². The van der Waals surface area contributed by atoms with Crippen molar-refractivity contribution in [3.8, 4) is 0 Å². The molecule has 0 aliphatic carbocycles. The van der Waals surface area contributed by atoms with Crippen LogP contribution in [0.5, 0.6) is 0 Å². The summed E-state index contributed by atoms with van der Waals surface area (Å²) in [6, 6.07) is 6.16. The Balaban J connectivity index is 2.69. The fourth-order valence-corrected chi connectivity index (χ4v) is 1.87. The van der Waals surface area contributed by atoms with E-state index in [0.717, 1.165) is 21.1 Å². The molecular weight excluding hydrogens is 242 g/mol. The molecule has 2 N–H and O–H groups in total. The summed E-state index contributed by atoms with van der Waals surface area (Å²) >= 11 is 3.49. The van der Waals surface area contributed by atoms with Gasteiger partial charge in [-0.2, -0.15) is 5.10 Å². The van der Waals surface area contributed by atoms with E-state index >= 15 is 0 Å². The fourth-order valence-electron chi connectivity index (χ4n) is 1.47. The van der Waals surface area contributed by atoms with Gasteiger partial charge in [0.25, 0.3) is 0 Å². The van der Waals surface area contributed by atoms with Gasteiger partial charge in [-0.25, -0.2) is 0 Å². The summed E-state index contributed by atoms with van der Waals surface area (Å²) in [7, 11) is 1.91. The standard InChI is InChI=1S/C10H12BrN3/c1-6(12)7-3-4-9-8(5-7)10(11)14(2)13-9/h3-6H,12H2,1-2H3. The summed E-state index contributed by atoms with van der Waals surface area (Å²) in [4.78, 5) is 0. The number of aryl methyl sites for hydroxylation is 1. The molecule has 0 aliphatic rings. The molecule has 1 unspecified atom stereocenters. The number of nitrogens with zero attached hydrogens (tertiary/aromatic N) is 2. The monoisotopic (exact) mass is 253 g/mol. The summed E-state index contributed by atoms with van der Waals surface area (Å²) in [5.74, 6) is 0. The molecule has 0 saturated heterocycles. The third-order valence-corrected chi connectivity index (χ3v) is 3.25. The zero-order valence-electron chi connectivity index (χ0n) is 8.16. The van der Waals surface area contributed by atoms with E-state index in [9.17, 15) is 0 Å². The first-order valence-electron chi connectivity index (χ1n) is 4.47. The smallest absolute Gasteiger partial charge is 0.111 e. The molecule has 0 saturated carbocycles. The van der Waals surface area contributed by atoms with Crippen LogP contribution in [0, 0.1) is 0 Å². The minimum atomic E-state index is 0.0616. The molecule has 1 aromatic heterocycles. The number of fused-ring (bicyclic) bond motifs is 1. The number of aromatic nitrogens is 2. The topological polar surface area (TPSA) is 43.8 Å². The van der Waals surface area contributed by atoms with Crippen LogP contribution in [0.4, 0.5) is 0 Å². The van der Waals surface area contributed by atoms with E-state index in [1.807, 2.05) is 30.8 Å². The number of hydrogen-bond acceptors (Lipinski definition) is 2. The summed E-state index contributed by atoms with van der Waals surface area (Å²) in [6.07, 6.45) is 0. The lowest BCUT2D eigenvalue weighted by atomic mass is 10.1. The van der Waals surface area contributed by atoms with Crippen LogP contribution >= 0.6 is 15.9 Å². The Bertz CT molecular complexity index is 473. The molecule has 0 spiro atoms. The van der Waals surface area contributed by atoms with Gasteiger partial charge in [-0.1, -0.05) is 6.07 Å². The Morgan fingerprint density at radius 3 is 2.86 bits per heavy atom. The van der Waals surface area contributed by atoms with Crippen molar-refractivity contribution in [2.45, 2.75) is 13.0 Å². The molecular formula is C10H12BrN3. The van der Waals surface area contributed by atoms with Gasteiger partial charge in [0.1, 0.15) is 4.60 Å². The molecule has 14 heavy (non-hydrogen) atoms. The molecule has 0 radical (unpaired) electrons. The molecule has 1 atom stereocenters. The second-order valence-corrected chi connectivity index (χ2v) is 4.23. The van der Waals surface area contributed by atoms with Gasteiger partial charge in [0.15, 0.2) is 0 Å². The Hall–Kier alpha value is -0.870. The van der Waals surface area contributed by atoms with Gasteiger partial charge in [0.05, 0.1) is 5.52 Å². The second kappa shape index (κ2) is 3.37. The van der Waals surface area contributed by atoms with Crippen molar-refractivity contribution >= 4 is 26.8 Å². The van der Waals surface area contributed by atoms with Crippen LogP contribution in [0.1, 0.15) is 18.5 Å². The van der Waals surface area contributed by atoms with Crippen LogP contribution < -0.4 is 5.73 Å². The highest BCUT2D eigenvalue weighted by Gasteiger charge is 2.07. The third kappa shape index (κ3) is 1.44. The SMILES string of the molecule is CC(N)c1ccc2nn(C)c(Br)c2c1. The Kier molecular flexibility index (Phi) is 2.33. The van der Waals surface area contributed by atoms with Crippen molar-refractivity contribution in [2.75, 3.05) is 0 Å². The van der Waals surface area contributed by atoms with E-state index in [2.05, 4.69) is 27.1 Å². The lowest BCUT2D eigenvalue weighted by Gasteiger charge is -2.04. The number of halogens is 1. The van der Waals surface area contributed by atoms with Gasteiger partial charge < -0.3 is 5.73 Å². The quantitative estimate of drug-likeness (QED) is 0.848. The van der Waals surface area contributed by atoms with E-state index < -0.39 is 0 Å². The number of rotatable bonds is 1. The Morgan fingerprint density at radius 1 is 1.50 bits per heavy atom. The molecule has 0 fully saturated rings. The first-order valence-corrected chi connectivity index (χ1v) is 5.26. The van der Waals surface area contributed by atoms with E-state index in [1.165, 1.54) is 0 Å². The van der Waals surface area contributed by atoms with Crippen molar-refractivity contribution in [1.82, 2.24) is 9.78 Å². The highest BCUT2D eigenvalue weighted by atomic mass is 79.9. The normalized spacial score (nSPS) is 13.4. The average Bonchev–Trinajstić information content (AvgIpc) is 2.43. The zero-order valence-corrected chi connectivity index (χ0v) is 9.75. The van der Waals surface area contributed by atoms with Crippen LogP contribution in [0.3, 0.4) is 0 Å². The summed E-state index contributed by atoms with van der Waals surface area (Å²) in [6.45, 7) is 1.98. The largest absolute Gasteiger partial charge is 0.324 e. The highest BCUT2D eigenvalue weighted by molar-refractivity contribution is 9.10. The van der Waals surface area contributed by atoms with Gasteiger partial charge in [-0.15, -0.1) is 0 Å². The number of nitrogens with two attached hydrogens (primary N) is 1. The highest BCUT2D eigenvalue weighted by Crippen LogP contribution is 2.25. The maximum atomic E-state index is 5.82. The maximum absolute atomic E-state index is 5.82. The van der Waals surface area contributed by atoms with E-state index in [0.29, 0.717) is 0 Å². The van der Waals surface area contributed by atoms with Crippen LogP contribution in [0.25, 0.3) is 10.9 Å². The fraction of sp³-hybridized carbons (Fsp3) is 0.300. The molecule has 0 aliphatic heterocycles. The molecule has 0 bridgehead atoms. The van der Waals surface area contributed by atoms with E-state index in [4.69, 9.17) is 5.73 Å². The Morgan fingerprint density at radius 2 is 2.21 bits per heavy atom. The van der Waals surface area contributed by atoms with Crippen molar-refractivity contribution in [1.29, 1.82) is 0 Å². The second-order valence-electron chi connectivity index (χ2n) is 3.48. The van der Waals surface area contributed by atoms with Gasteiger partial charge in [-0.3, -0.25) is 4.68 Å². The van der Waals surface area contributed by atoms with Crippen molar-refractivity contribution in [3.05, 3.63) is 28.4 Å². The van der Waals surface area contributed by atoms with Crippen LogP contribution in [0.15, 0.2) is 22.8 Å². The summed E-state index contributed by atoms with van der Waals surface area (Å²) in [5, 5.41) is 5.46. The summed E-state index contributed by atoms with van der Waals surface area (Å²) in [5.41, 5.74) is 7.94. The number of benzene rings is 1. The van der Waals surface area contributed by atoms with Crippen molar-refractivity contribution in [3.63, 3.8) is 0 Å². The molecule has 2 rings (SSSR count). The lowest BCUT2D eigenvalue weighted by Crippen LogP contribution is -2.04. The maximum Gasteiger partial charge on any atom is 0.111 e. The molecule has 0 amide bonds. The molecule has 4 heteroatoms.